The molecule has 17 nitrogen and oxygen atoms in total. The summed E-state index contributed by atoms with van der Waals surface area (Å²) in [4.78, 5) is 2.40. The van der Waals surface area contributed by atoms with Crippen molar-refractivity contribution in [1.29, 1.82) is 0 Å². The Morgan fingerprint density at radius 2 is 0.934 bits per heavy atom. The van der Waals surface area contributed by atoms with Gasteiger partial charge in [0, 0.05) is 60.9 Å². The minimum absolute atomic E-state index is 0.00521. The van der Waals surface area contributed by atoms with Gasteiger partial charge >= 0.3 is 0 Å². The lowest BCUT2D eigenvalue weighted by atomic mass is 9.76. The summed E-state index contributed by atoms with van der Waals surface area (Å²) in [5.41, 5.74) is 7.45. The number of allylic oxidation sites excluding steroid dienone is 4. The van der Waals surface area contributed by atoms with Crippen LogP contribution in [0.15, 0.2) is 84.6 Å². The first-order valence-corrected chi connectivity index (χ1v) is 27.7. The van der Waals surface area contributed by atoms with Gasteiger partial charge in [0.25, 0.3) is 0 Å². The lowest BCUT2D eigenvalue weighted by Crippen LogP contribution is -2.34. The van der Waals surface area contributed by atoms with E-state index in [2.05, 4.69) is 104 Å². The van der Waals surface area contributed by atoms with Gasteiger partial charge in [0.15, 0.2) is 12.3 Å². The van der Waals surface area contributed by atoms with Crippen LogP contribution in [0.25, 0.3) is 0 Å². The molecular formula is C59H95N2O15+. The second-order valence-electron chi connectivity index (χ2n) is 18.9. The fraction of sp³-hybridized carbons (Fsp3) is 0.678. The van der Waals surface area contributed by atoms with Crippen molar-refractivity contribution in [3.05, 3.63) is 95.7 Å². The molecule has 430 valence electrons. The summed E-state index contributed by atoms with van der Waals surface area (Å²) < 4.78 is 77.7. The van der Waals surface area contributed by atoms with Gasteiger partial charge < -0.3 is 76.7 Å². The zero-order chi connectivity index (χ0) is 54.2. The van der Waals surface area contributed by atoms with Crippen LogP contribution in [0.3, 0.4) is 0 Å². The van der Waals surface area contributed by atoms with E-state index < -0.39 is 0 Å². The number of aliphatic hydroxyl groups is 2. The molecule has 0 amide bonds. The van der Waals surface area contributed by atoms with Crippen molar-refractivity contribution in [1.82, 2.24) is 0 Å². The van der Waals surface area contributed by atoms with Gasteiger partial charge in [-0.1, -0.05) is 55.0 Å². The molecule has 2 heterocycles. The molecule has 0 bridgehead atoms. The largest absolute Gasteiger partial charge is 0.394 e. The van der Waals surface area contributed by atoms with E-state index in [0.29, 0.717) is 178 Å². The van der Waals surface area contributed by atoms with Gasteiger partial charge in [0.2, 0.25) is 5.69 Å². The maximum Gasteiger partial charge on any atom is 0.209 e. The van der Waals surface area contributed by atoms with Crippen molar-refractivity contribution >= 4 is 17.1 Å². The van der Waals surface area contributed by atoms with Crippen molar-refractivity contribution in [3.8, 4) is 0 Å². The van der Waals surface area contributed by atoms with E-state index in [1.165, 1.54) is 11.1 Å². The molecule has 0 spiro atoms. The van der Waals surface area contributed by atoms with Crippen molar-refractivity contribution in [2.24, 2.45) is 0 Å². The molecule has 2 aromatic carbocycles. The second-order valence-corrected chi connectivity index (χ2v) is 18.9. The summed E-state index contributed by atoms with van der Waals surface area (Å²) in [6.07, 6.45) is 10.1. The zero-order valence-corrected chi connectivity index (χ0v) is 46.7. The topological polar surface area (TPSA) is 167 Å². The van der Waals surface area contributed by atoms with E-state index in [9.17, 15) is 0 Å². The molecule has 0 aromatic heterocycles. The Hall–Kier alpha value is -3.47. The normalized spacial score (nSPS) is 17.8. The molecule has 2 aliphatic heterocycles. The first-order chi connectivity index (χ1) is 37.3. The van der Waals surface area contributed by atoms with Crippen molar-refractivity contribution < 1.29 is 76.4 Å². The fourth-order valence-electron chi connectivity index (χ4n) is 9.04. The van der Waals surface area contributed by atoms with Gasteiger partial charge in [-0.15, -0.1) is 6.58 Å². The van der Waals surface area contributed by atoms with Crippen LogP contribution in [-0.2, 0) is 72.4 Å². The molecule has 0 radical (unpaired) electrons. The van der Waals surface area contributed by atoms with Crippen LogP contribution in [0, 0.1) is 0 Å². The third-order valence-corrected chi connectivity index (χ3v) is 13.1. The smallest absolute Gasteiger partial charge is 0.209 e. The summed E-state index contributed by atoms with van der Waals surface area (Å²) in [5.74, 6) is 0. The summed E-state index contributed by atoms with van der Waals surface area (Å²) in [5, 5.41) is 18.0. The van der Waals surface area contributed by atoms with Gasteiger partial charge in [0.05, 0.1) is 164 Å². The molecule has 0 saturated heterocycles. The zero-order valence-electron chi connectivity index (χ0n) is 46.7. The molecular weight excluding hydrogens is 977 g/mol. The third kappa shape index (κ3) is 23.9. The van der Waals surface area contributed by atoms with E-state index in [0.717, 1.165) is 60.6 Å². The van der Waals surface area contributed by atoms with Crippen molar-refractivity contribution in [2.75, 3.05) is 203 Å². The Balaban J connectivity index is 1.52. The highest BCUT2D eigenvalue weighted by molar-refractivity contribution is 6.03. The number of benzene rings is 2. The summed E-state index contributed by atoms with van der Waals surface area (Å²) in [6, 6.07) is 17.3. The van der Waals surface area contributed by atoms with E-state index in [1.807, 2.05) is 6.92 Å². The highest BCUT2D eigenvalue weighted by atomic mass is 16.6. The highest BCUT2D eigenvalue weighted by Gasteiger charge is 2.47. The molecule has 0 aliphatic carbocycles. The predicted octanol–water partition coefficient (Wildman–Crippen LogP) is 6.62. The van der Waals surface area contributed by atoms with Gasteiger partial charge in [-0.2, -0.15) is 4.58 Å². The molecule has 0 fully saturated rings. The summed E-state index contributed by atoms with van der Waals surface area (Å²) in [7, 11) is 0. The minimum atomic E-state index is -0.385. The molecule has 2 N–H and O–H groups in total. The van der Waals surface area contributed by atoms with Crippen molar-refractivity contribution in [2.45, 2.75) is 64.2 Å². The Morgan fingerprint density at radius 1 is 0.513 bits per heavy atom. The van der Waals surface area contributed by atoms with Crippen LogP contribution in [0.2, 0.25) is 0 Å². The van der Waals surface area contributed by atoms with Gasteiger partial charge in [-0.05, 0) is 64.2 Å². The third-order valence-electron chi connectivity index (χ3n) is 13.1. The van der Waals surface area contributed by atoms with Crippen LogP contribution in [-0.4, -0.2) is 219 Å². The first-order valence-electron chi connectivity index (χ1n) is 27.7. The second kappa shape index (κ2) is 40.7. The number of aliphatic hydroxyl groups excluding tert-OH is 2. The standard InChI is InChI=1S/C59H95N2O15/c1-6-25-64-33-41-72-45-37-68-29-21-60-54-14-9-7-12-52(54)58(4,19-27-66-35-43-74-47-39-70-31-23-62)56(60)16-11-17-57-59(5,20-28-67-36-44-75-48-40-71-32-24-63)53-13-8-10-15-55(53)61(57)22-30-69-38-46-76-50-49-73-42-34-65-26-18-51(2)3/h7-17,62-63H,2,6,18-50H2,1,3-5H3/q+1. The van der Waals surface area contributed by atoms with Gasteiger partial charge in [-0.3, -0.25) is 0 Å². The molecule has 2 aromatic rings. The van der Waals surface area contributed by atoms with Crippen molar-refractivity contribution in [3.63, 3.8) is 0 Å². The molecule has 2 aliphatic rings. The van der Waals surface area contributed by atoms with Crippen LogP contribution in [0.1, 0.15) is 64.5 Å². The number of rotatable bonds is 50. The van der Waals surface area contributed by atoms with Crippen LogP contribution < -0.4 is 4.90 Å². The number of nitrogens with zero attached hydrogens (tertiary/aromatic N) is 2. The lowest BCUT2D eigenvalue weighted by molar-refractivity contribution is -0.442. The molecule has 0 saturated carbocycles. The fourth-order valence-corrected chi connectivity index (χ4v) is 9.04. The van der Waals surface area contributed by atoms with Gasteiger partial charge in [0.1, 0.15) is 6.61 Å². The number of hydrogen-bond donors (Lipinski definition) is 2. The Labute approximate surface area is 454 Å². The Morgan fingerprint density at radius 3 is 1.45 bits per heavy atom. The Kier molecular flexibility index (Phi) is 34.8. The van der Waals surface area contributed by atoms with E-state index in [4.69, 9.17) is 71.8 Å². The number of anilines is 1. The number of para-hydroxylation sites is 2. The maximum absolute atomic E-state index is 8.98. The first kappa shape index (κ1) is 65.1. The molecule has 2 unspecified atom stereocenters. The predicted molar refractivity (Wildman–Crippen MR) is 296 cm³/mol. The average Bonchev–Trinajstić information content (AvgIpc) is 3.85. The molecule has 76 heavy (non-hydrogen) atoms. The SMILES string of the molecule is C=C(C)CCOCCOCCOCCOCC[N+]1=C(/C=C/C=C2/N(CCOCCOCCOCCC)c3ccccc3C2(C)CCOCCOCCOCCO)C(C)(CCOCCOCCOCCO)c2ccccc21. The maximum atomic E-state index is 8.98. The summed E-state index contributed by atoms with van der Waals surface area (Å²) in [6.45, 7) is 26.7. The molecule has 4 rings (SSSR count). The summed E-state index contributed by atoms with van der Waals surface area (Å²) >= 11 is 0. The monoisotopic (exact) mass is 1070 g/mol. The average molecular weight is 1070 g/mol. The van der Waals surface area contributed by atoms with Crippen LogP contribution in [0.5, 0.6) is 0 Å². The van der Waals surface area contributed by atoms with E-state index >= 15 is 0 Å². The molecule has 2 atom stereocenters. The van der Waals surface area contributed by atoms with E-state index in [1.54, 1.807) is 0 Å². The number of fused-ring (bicyclic) bond motifs is 2. The number of ether oxygens (including phenoxy) is 13. The molecule has 17 heteroatoms. The highest BCUT2D eigenvalue weighted by Crippen LogP contribution is 2.50. The Bertz CT molecular complexity index is 1930. The lowest BCUT2D eigenvalue weighted by Gasteiger charge is -2.30. The number of hydrogen-bond acceptors (Lipinski definition) is 16. The minimum Gasteiger partial charge on any atom is -0.394 e. The van der Waals surface area contributed by atoms with Crippen LogP contribution in [0.4, 0.5) is 11.4 Å². The van der Waals surface area contributed by atoms with E-state index in [-0.39, 0.29) is 24.0 Å². The quantitative estimate of drug-likeness (QED) is 0.0412. The van der Waals surface area contributed by atoms with Gasteiger partial charge in [-0.25, -0.2) is 0 Å². The van der Waals surface area contributed by atoms with Crippen LogP contribution >= 0.6 is 0 Å².